The molecular formula is C15H10F3NO3. The van der Waals surface area contributed by atoms with E-state index in [4.69, 9.17) is 0 Å². The van der Waals surface area contributed by atoms with Gasteiger partial charge in [-0.25, -0.2) is 13.2 Å². The van der Waals surface area contributed by atoms with Crippen LogP contribution in [0, 0.1) is 17.5 Å². The van der Waals surface area contributed by atoms with Gasteiger partial charge in [0.15, 0.2) is 29.0 Å². The van der Waals surface area contributed by atoms with E-state index >= 15 is 0 Å². The molecule has 0 fully saturated rings. The van der Waals surface area contributed by atoms with Crippen molar-refractivity contribution < 1.29 is 28.2 Å². The zero-order valence-corrected chi connectivity index (χ0v) is 11.1. The third kappa shape index (κ3) is 2.05. The molecule has 2 aromatic rings. The van der Waals surface area contributed by atoms with Gasteiger partial charge in [-0.2, -0.15) is 0 Å². The molecule has 4 nitrogen and oxygen atoms in total. The molecule has 0 aliphatic carbocycles. The van der Waals surface area contributed by atoms with Crippen molar-refractivity contribution in [1.82, 2.24) is 4.90 Å². The molecular weight excluding hydrogens is 299 g/mol. The Bertz CT molecular complexity index is 792. The predicted molar refractivity (Wildman–Crippen MR) is 69.7 cm³/mol. The molecule has 1 aliphatic rings. The van der Waals surface area contributed by atoms with Crippen molar-refractivity contribution in [3.05, 3.63) is 58.4 Å². The van der Waals surface area contributed by atoms with Gasteiger partial charge >= 0.3 is 0 Å². The highest BCUT2D eigenvalue weighted by Crippen LogP contribution is 2.37. The first-order valence-electron chi connectivity index (χ1n) is 6.35. The molecule has 0 saturated carbocycles. The van der Waals surface area contributed by atoms with Crippen LogP contribution in [0.1, 0.15) is 21.5 Å². The zero-order chi connectivity index (χ0) is 16.0. The SMILES string of the molecule is O=C1c2ccc(O)c(O)c2CN1Cc1ccc(F)c(F)c1F. The summed E-state index contributed by atoms with van der Waals surface area (Å²) in [7, 11) is 0. The topological polar surface area (TPSA) is 60.8 Å². The van der Waals surface area contributed by atoms with Gasteiger partial charge in [0, 0.05) is 23.2 Å². The predicted octanol–water partition coefficient (Wildman–Crippen LogP) is 2.67. The second-order valence-corrected chi connectivity index (χ2v) is 4.96. The van der Waals surface area contributed by atoms with E-state index in [9.17, 15) is 28.2 Å². The smallest absolute Gasteiger partial charge is 0.254 e. The van der Waals surface area contributed by atoms with Gasteiger partial charge in [-0.05, 0) is 18.2 Å². The van der Waals surface area contributed by atoms with Crippen LogP contribution in [0.3, 0.4) is 0 Å². The molecule has 0 atom stereocenters. The van der Waals surface area contributed by atoms with Crippen molar-refractivity contribution in [2.45, 2.75) is 13.1 Å². The Morgan fingerprint density at radius 2 is 1.77 bits per heavy atom. The number of carbonyl (C=O) groups is 1. The Morgan fingerprint density at radius 3 is 2.50 bits per heavy atom. The lowest BCUT2D eigenvalue weighted by Gasteiger charge is -2.16. The zero-order valence-electron chi connectivity index (χ0n) is 11.1. The minimum Gasteiger partial charge on any atom is -0.504 e. The summed E-state index contributed by atoms with van der Waals surface area (Å²) in [6.45, 7) is -0.344. The number of aromatic hydroxyl groups is 2. The summed E-state index contributed by atoms with van der Waals surface area (Å²) >= 11 is 0. The van der Waals surface area contributed by atoms with Crippen LogP contribution in [0.5, 0.6) is 11.5 Å². The van der Waals surface area contributed by atoms with Crippen LogP contribution in [-0.2, 0) is 13.1 Å². The van der Waals surface area contributed by atoms with Crippen molar-refractivity contribution in [2.75, 3.05) is 0 Å². The molecule has 0 spiro atoms. The quantitative estimate of drug-likeness (QED) is 0.662. The average molecular weight is 309 g/mol. The molecule has 114 valence electrons. The number of hydrogen-bond donors (Lipinski definition) is 2. The monoisotopic (exact) mass is 309 g/mol. The van der Waals surface area contributed by atoms with Crippen molar-refractivity contribution >= 4 is 5.91 Å². The maximum Gasteiger partial charge on any atom is 0.254 e. The summed E-state index contributed by atoms with van der Waals surface area (Å²) in [4.78, 5) is 13.3. The summed E-state index contributed by atoms with van der Waals surface area (Å²) < 4.78 is 39.8. The van der Waals surface area contributed by atoms with Gasteiger partial charge in [0.2, 0.25) is 0 Å². The molecule has 2 N–H and O–H groups in total. The first-order valence-corrected chi connectivity index (χ1v) is 6.35. The van der Waals surface area contributed by atoms with E-state index in [-0.39, 0.29) is 35.5 Å². The third-order valence-corrected chi connectivity index (χ3v) is 3.60. The van der Waals surface area contributed by atoms with Crippen LogP contribution in [-0.4, -0.2) is 21.0 Å². The summed E-state index contributed by atoms with van der Waals surface area (Å²) in [6, 6.07) is 4.36. The van der Waals surface area contributed by atoms with Crippen LogP contribution in [0.4, 0.5) is 13.2 Å². The van der Waals surface area contributed by atoms with Crippen molar-refractivity contribution in [1.29, 1.82) is 0 Å². The summed E-state index contributed by atoms with van der Waals surface area (Å²) in [5.41, 5.74) is 0.218. The fourth-order valence-electron chi connectivity index (χ4n) is 2.44. The van der Waals surface area contributed by atoms with Gasteiger partial charge in [0.25, 0.3) is 5.91 Å². The van der Waals surface area contributed by atoms with Crippen LogP contribution in [0.2, 0.25) is 0 Å². The van der Waals surface area contributed by atoms with Crippen LogP contribution >= 0.6 is 0 Å². The Balaban J connectivity index is 1.92. The maximum atomic E-state index is 13.7. The highest BCUT2D eigenvalue weighted by molar-refractivity contribution is 5.99. The number of rotatable bonds is 2. The van der Waals surface area contributed by atoms with E-state index in [1.54, 1.807) is 0 Å². The molecule has 7 heteroatoms. The van der Waals surface area contributed by atoms with Crippen molar-refractivity contribution in [3.8, 4) is 11.5 Å². The van der Waals surface area contributed by atoms with E-state index in [1.807, 2.05) is 0 Å². The average Bonchev–Trinajstić information content (AvgIpc) is 2.81. The Kier molecular flexibility index (Phi) is 3.20. The number of halogens is 3. The Hall–Kier alpha value is -2.70. The van der Waals surface area contributed by atoms with Crippen molar-refractivity contribution in [2.24, 2.45) is 0 Å². The lowest BCUT2D eigenvalue weighted by Crippen LogP contribution is -2.24. The lowest BCUT2D eigenvalue weighted by molar-refractivity contribution is 0.0764. The number of phenolic OH excluding ortho intramolecular Hbond substituents is 2. The van der Waals surface area contributed by atoms with Crippen LogP contribution in [0.25, 0.3) is 0 Å². The van der Waals surface area contributed by atoms with Gasteiger partial charge in [0.05, 0.1) is 6.54 Å². The highest BCUT2D eigenvalue weighted by Gasteiger charge is 2.31. The molecule has 0 aromatic heterocycles. The molecule has 1 amide bonds. The molecule has 0 unspecified atom stereocenters. The fraction of sp³-hybridized carbons (Fsp3) is 0.133. The number of benzene rings is 2. The molecule has 0 bridgehead atoms. The molecule has 2 aromatic carbocycles. The van der Waals surface area contributed by atoms with Gasteiger partial charge in [-0.15, -0.1) is 0 Å². The molecule has 0 saturated heterocycles. The fourth-order valence-corrected chi connectivity index (χ4v) is 2.44. The standard InChI is InChI=1S/C15H10F3NO3/c16-10-3-1-7(12(17)13(10)18)5-19-6-9-8(15(19)22)2-4-11(20)14(9)21/h1-4,20-21H,5-6H2. The van der Waals surface area contributed by atoms with Gasteiger partial charge < -0.3 is 15.1 Å². The molecule has 0 radical (unpaired) electrons. The largest absolute Gasteiger partial charge is 0.504 e. The summed E-state index contributed by atoms with van der Waals surface area (Å²) in [6.07, 6.45) is 0. The number of nitrogens with zero attached hydrogens (tertiary/aromatic N) is 1. The second kappa shape index (κ2) is 4.94. The lowest BCUT2D eigenvalue weighted by atomic mass is 10.1. The molecule has 1 aliphatic heterocycles. The Labute approximate surface area is 123 Å². The van der Waals surface area contributed by atoms with Gasteiger partial charge in [0.1, 0.15) is 0 Å². The Morgan fingerprint density at radius 1 is 1.05 bits per heavy atom. The molecule has 3 rings (SSSR count). The normalized spacial score (nSPS) is 13.6. The number of hydrogen-bond acceptors (Lipinski definition) is 3. The van der Waals surface area contributed by atoms with E-state index in [1.165, 1.54) is 17.0 Å². The van der Waals surface area contributed by atoms with Crippen LogP contribution in [0.15, 0.2) is 24.3 Å². The van der Waals surface area contributed by atoms with E-state index < -0.39 is 29.1 Å². The van der Waals surface area contributed by atoms with E-state index in [0.29, 0.717) is 0 Å². The van der Waals surface area contributed by atoms with Gasteiger partial charge in [-0.1, -0.05) is 6.07 Å². The molecule has 1 heterocycles. The van der Waals surface area contributed by atoms with E-state index in [2.05, 4.69) is 0 Å². The number of phenols is 2. The number of fused-ring (bicyclic) bond motifs is 1. The minimum atomic E-state index is -1.60. The van der Waals surface area contributed by atoms with E-state index in [0.717, 1.165) is 12.1 Å². The summed E-state index contributed by atoms with van der Waals surface area (Å²) in [5.74, 6) is -5.53. The second-order valence-electron chi connectivity index (χ2n) is 4.96. The van der Waals surface area contributed by atoms with Crippen molar-refractivity contribution in [3.63, 3.8) is 0 Å². The highest BCUT2D eigenvalue weighted by atomic mass is 19.2. The summed E-state index contributed by atoms with van der Waals surface area (Å²) in [5, 5.41) is 19.2. The number of carbonyl (C=O) groups excluding carboxylic acids is 1. The molecule has 22 heavy (non-hydrogen) atoms. The maximum absolute atomic E-state index is 13.7. The van der Waals surface area contributed by atoms with Crippen LogP contribution < -0.4 is 0 Å². The first kappa shape index (κ1) is 14.2. The van der Waals surface area contributed by atoms with Gasteiger partial charge in [-0.3, -0.25) is 4.79 Å². The third-order valence-electron chi connectivity index (χ3n) is 3.60. The first-order chi connectivity index (χ1) is 10.4. The number of amides is 1. The minimum absolute atomic E-state index is 0.0627.